The number of hydrogen-bond acceptors (Lipinski definition) is 3. The lowest BCUT2D eigenvalue weighted by Gasteiger charge is -2.21. The van der Waals surface area contributed by atoms with Gasteiger partial charge in [-0.2, -0.15) is 5.10 Å². The Morgan fingerprint density at radius 3 is 2.45 bits per heavy atom. The first kappa shape index (κ1) is 14.3. The van der Waals surface area contributed by atoms with Crippen LogP contribution in [-0.2, 0) is 13.6 Å². The molecule has 5 heteroatoms. The van der Waals surface area contributed by atoms with Gasteiger partial charge in [0, 0.05) is 32.0 Å². The normalized spacial score (nSPS) is 10.6. The highest BCUT2D eigenvalue weighted by Gasteiger charge is 2.20. The van der Waals surface area contributed by atoms with Crippen molar-refractivity contribution in [1.82, 2.24) is 9.78 Å². The summed E-state index contributed by atoms with van der Waals surface area (Å²) in [6.45, 7) is 4.91. The Labute approximate surface area is 119 Å². The third-order valence-corrected chi connectivity index (χ3v) is 3.29. The summed E-state index contributed by atoms with van der Waals surface area (Å²) in [6, 6.07) is 7.74. The number of hydrogen-bond donors (Lipinski definition) is 1. The number of aryl methyl sites for hydroxylation is 2. The fourth-order valence-electron chi connectivity index (χ4n) is 2.21. The zero-order valence-corrected chi connectivity index (χ0v) is 12.1. The van der Waals surface area contributed by atoms with E-state index >= 15 is 0 Å². The van der Waals surface area contributed by atoms with Crippen LogP contribution < -0.4 is 10.6 Å². The number of anilines is 1. The van der Waals surface area contributed by atoms with E-state index in [1.54, 1.807) is 15.8 Å². The molecule has 0 atom stereocenters. The molecule has 5 nitrogen and oxygen atoms in total. The summed E-state index contributed by atoms with van der Waals surface area (Å²) in [5, 5.41) is 4.22. The van der Waals surface area contributed by atoms with Gasteiger partial charge in [0.05, 0.1) is 11.3 Å². The van der Waals surface area contributed by atoms with Gasteiger partial charge in [-0.1, -0.05) is 12.1 Å². The lowest BCUT2D eigenvalue weighted by Crippen LogP contribution is -2.30. The number of amides is 1. The van der Waals surface area contributed by atoms with Crippen molar-refractivity contribution in [2.75, 3.05) is 11.4 Å². The van der Waals surface area contributed by atoms with Crippen LogP contribution in [0.4, 0.5) is 5.69 Å². The number of nitrogens with zero attached hydrogens (tertiary/aromatic N) is 3. The van der Waals surface area contributed by atoms with Crippen LogP contribution in [0, 0.1) is 6.92 Å². The van der Waals surface area contributed by atoms with Crippen molar-refractivity contribution >= 4 is 11.6 Å². The van der Waals surface area contributed by atoms with Gasteiger partial charge in [-0.3, -0.25) is 9.48 Å². The van der Waals surface area contributed by atoms with Gasteiger partial charge in [-0.05, 0) is 31.5 Å². The van der Waals surface area contributed by atoms with Gasteiger partial charge in [0.1, 0.15) is 0 Å². The van der Waals surface area contributed by atoms with Crippen LogP contribution in [0.5, 0.6) is 0 Å². The van der Waals surface area contributed by atoms with Crippen LogP contribution in [0.15, 0.2) is 30.5 Å². The molecule has 2 rings (SSSR count). The van der Waals surface area contributed by atoms with Gasteiger partial charge in [0.2, 0.25) is 0 Å². The average molecular weight is 272 g/mol. The zero-order chi connectivity index (χ0) is 14.7. The summed E-state index contributed by atoms with van der Waals surface area (Å²) in [7, 11) is 1.82. The molecule has 1 heterocycles. The van der Waals surface area contributed by atoms with E-state index in [1.165, 1.54) is 0 Å². The molecule has 106 valence electrons. The van der Waals surface area contributed by atoms with E-state index in [9.17, 15) is 4.79 Å². The molecule has 0 radical (unpaired) electrons. The standard InChI is InChI=1S/C15H20N4O/c1-4-19(13-7-5-12(9-16)6-8-13)15(20)14-10-18(3)17-11(14)2/h5-8,10H,4,9,16H2,1-3H3. The second-order valence-corrected chi connectivity index (χ2v) is 4.72. The molecule has 20 heavy (non-hydrogen) atoms. The lowest BCUT2D eigenvalue weighted by atomic mass is 10.1. The minimum absolute atomic E-state index is 0.0291. The van der Waals surface area contributed by atoms with Crippen LogP contribution in [0.3, 0.4) is 0 Å². The molecule has 0 saturated carbocycles. The maximum absolute atomic E-state index is 12.6. The molecule has 1 amide bonds. The summed E-state index contributed by atoms with van der Waals surface area (Å²) in [4.78, 5) is 14.4. The summed E-state index contributed by atoms with van der Waals surface area (Å²) in [6.07, 6.45) is 1.76. The number of carbonyl (C=O) groups excluding carboxylic acids is 1. The first-order valence-electron chi connectivity index (χ1n) is 6.68. The van der Waals surface area contributed by atoms with Gasteiger partial charge in [0.25, 0.3) is 5.91 Å². The van der Waals surface area contributed by atoms with Crippen molar-refractivity contribution in [3.8, 4) is 0 Å². The Kier molecular flexibility index (Phi) is 4.20. The van der Waals surface area contributed by atoms with E-state index in [2.05, 4.69) is 5.10 Å². The van der Waals surface area contributed by atoms with E-state index in [0.717, 1.165) is 16.9 Å². The van der Waals surface area contributed by atoms with E-state index in [0.29, 0.717) is 18.7 Å². The highest BCUT2D eigenvalue weighted by Crippen LogP contribution is 2.19. The molecule has 0 spiro atoms. The maximum atomic E-state index is 12.6. The molecule has 0 unspecified atom stereocenters. The third-order valence-electron chi connectivity index (χ3n) is 3.29. The number of benzene rings is 1. The first-order valence-corrected chi connectivity index (χ1v) is 6.68. The van der Waals surface area contributed by atoms with Crippen molar-refractivity contribution < 1.29 is 4.79 Å². The number of carbonyl (C=O) groups is 1. The lowest BCUT2D eigenvalue weighted by molar-refractivity contribution is 0.0987. The van der Waals surface area contributed by atoms with Crippen LogP contribution in [0.2, 0.25) is 0 Å². The molecule has 0 aliphatic rings. The fourth-order valence-corrected chi connectivity index (χ4v) is 2.21. The minimum atomic E-state index is -0.0291. The summed E-state index contributed by atoms with van der Waals surface area (Å²) >= 11 is 0. The molecular weight excluding hydrogens is 252 g/mol. The van der Waals surface area contributed by atoms with E-state index in [-0.39, 0.29) is 5.91 Å². The summed E-state index contributed by atoms with van der Waals surface area (Å²) in [5.74, 6) is -0.0291. The van der Waals surface area contributed by atoms with Crippen molar-refractivity contribution in [3.05, 3.63) is 47.3 Å². The number of aromatic nitrogens is 2. The van der Waals surface area contributed by atoms with Crippen molar-refractivity contribution in [2.45, 2.75) is 20.4 Å². The molecule has 0 saturated heterocycles. The van der Waals surface area contributed by atoms with Gasteiger partial charge in [0.15, 0.2) is 0 Å². The molecule has 2 N–H and O–H groups in total. The smallest absolute Gasteiger partial charge is 0.261 e. The zero-order valence-electron chi connectivity index (χ0n) is 12.1. The van der Waals surface area contributed by atoms with E-state index in [4.69, 9.17) is 5.73 Å². The Hall–Kier alpha value is -2.14. The van der Waals surface area contributed by atoms with Crippen molar-refractivity contribution in [3.63, 3.8) is 0 Å². The second kappa shape index (κ2) is 5.88. The topological polar surface area (TPSA) is 64.2 Å². The highest BCUT2D eigenvalue weighted by atomic mass is 16.2. The molecule has 1 aromatic carbocycles. The SMILES string of the molecule is CCN(C(=O)c1cn(C)nc1C)c1ccc(CN)cc1. The minimum Gasteiger partial charge on any atom is -0.326 e. The molecule has 2 aromatic rings. The van der Waals surface area contributed by atoms with Crippen LogP contribution in [0.1, 0.15) is 28.5 Å². The van der Waals surface area contributed by atoms with Crippen LogP contribution >= 0.6 is 0 Å². The Bertz CT molecular complexity index is 601. The van der Waals surface area contributed by atoms with E-state index in [1.807, 2.05) is 45.2 Å². The largest absolute Gasteiger partial charge is 0.326 e. The average Bonchev–Trinajstić information content (AvgIpc) is 2.79. The Morgan fingerprint density at radius 1 is 1.35 bits per heavy atom. The fraction of sp³-hybridized carbons (Fsp3) is 0.333. The first-order chi connectivity index (χ1) is 9.56. The van der Waals surface area contributed by atoms with Crippen LogP contribution in [-0.4, -0.2) is 22.2 Å². The Morgan fingerprint density at radius 2 is 2.00 bits per heavy atom. The molecule has 1 aromatic heterocycles. The van der Waals surface area contributed by atoms with Gasteiger partial charge in [-0.25, -0.2) is 0 Å². The van der Waals surface area contributed by atoms with E-state index < -0.39 is 0 Å². The maximum Gasteiger partial charge on any atom is 0.261 e. The molecule has 0 bridgehead atoms. The Balaban J connectivity index is 2.31. The second-order valence-electron chi connectivity index (χ2n) is 4.72. The quantitative estimate of drug-likeness (QED) is 0.924. The molecule has 0 fully saturated rings. The predicted molar refractivity (Wildman–Crippen MR) is 79.6 cm³/mol. The monoisotopic (exact) mass is 272 g/mol. The van der Waals surface area contributed by atoms with Crippen molar-refractivity contribution in [2.24, 2.45) is 12.8 Å². The molecule has 0 aliphatic carbocycles. The third kappa shape index (κ3) is 2.72. The number of rotatable bonds is 4. The van der Waals surface area contributed by atoms with Gasteiger partial charge < -0.3 is 10.6 Å². The summed E-state index contributed by atoms with van der Waals surface area (Å²) in [5.41, 5.74) is 8.90. The molecule has 0 aliphatic heterocycles. The van der Waals surface area contributed by atoms with Gasteiger partial charge in [-0.15, -0.1) is 0 Å². The van der Waals surface area contributed by atoms with Crippen LogP contribution in [0.25, 0.3) is 0 Å². The molecular formula is C15H20N4O. The predicted octanol–water partition coefficient (Wildman–Crippen LogP) is 1.85. The summed E-state index contributed by atoms with van der Waals surface area (Å²) < 4.78 is 1.66. The van der Waals surface area contributed by atoms with Gasteiger partial charge >= 0.3 is 0 Å². The van der Waals surface area contributed by atoms with Crippen molar-refractivity contribution in [1.29, 1.82) is 0 Å². The number of nitrogens with two attached hydrogens (primary N) is 1. The highest BCUT2D eigenvalue weighted by molar-refractivity contribution is 6.06.